The summed E-state index contributed by atoms with van der Waals surface area (Å²) < 4.78 is 6.68. The van der Waals surface area contributed by atoms with Crippen LogP contribution in [0.5, 0.6) is 0 Å². The number of hydrogen-bond acceptors (Lipinski definition) is 5. The Morgan fingerprint density at radius 1 is 0.290 bits per heavy atom. The van der Waals surface area contributed by atoms with Crippen molar-refractivity contribution in [2.75, 3.05) is 4.90 Å². The van der Waals surface area contributed by atoms with Crippen molar-refractivity contribution in [2.45, 2.75) is 0 Å². The molecule has 0 aliphatic carbocycles. The molecule has 11 aromatic rings. The quantitative estimate of drug-likeness (QED) is 0.146. The molecule has 5 heteroatoms. The molecule has 0 fully saturated rings. The lowest BCUT2D eigenvalue weighted by Gasteiger charge is -2.25. The molecule has 0 saturated heterocycles. The molecular formula is C57H38N4O. The fraction of sp³-hybridized carbons (Fsp3) is 0. The Hall–Kier alpha value is -8.41. The van der Waals surface area contributed by atoms with Crippen LogP contribution in [0.3, 0.4) is 0 Å². The van der Waals surface area contributed by atoms with Gasteiger partial charge in [-0.2, -0.15) is 0 Å². The third-order valence-corrected chi connectivity index (χ3v) is 11.4. The topological polar surface area (TPSA) is 55.1 Å². The second-order valence-electron chi connectivity index (χ2n) is 15.2. The molecule has 292 valence electrons. The van der Waals surface area contributed by atoms with Crippen molar-refractivity contribution in [3.8, 4) is 67.5 Å². The number of benzene rings is 9. The second-order valence-corrected chi connectivity index (χ2v) is 15.2. The van der Waals surface area contributed by atoms with Crippen molar-refractivity contribution in [1.29, 1.82) is 0 Å². The second kappa shape index (κ2) is 16.0. The van der Waals surface area contributed by atoms with Gasteiger partial charge < -0.3 is 9.32 Å². The van der Waals surface area contributed by atoms with Gasteiger partial charge in [0.1, 0.15) is 11.2 Å². The Morgan fingerprint density at radius 3 is 1.24 bits per heavy atom. The minimum atomic E-state index is 0.582. The summed E-state index contributed by atoms with van der Waals surface area (Å²) in [6.07, 6.45) is 0. The van der Waals surface area contributed by atoms with Crippen LogP contribution < -0.4 is 4.90 Å². The third-order valence-electron chi connectivity index (χ3n) is 11.4. The van der Waals surface area contributed by atoms with Gasteiger partial charge in [0.25, 0.3) is 0 Å². The van der Waals surface area contributed by atoms with Crippen molar-refractivity contribution in [3.05, 3.63) is 231 Å². The fourth-order valence-corrected chi connectivity index (χ4v) is 8.24. The van der Waals surface area contributed by atoms with E-state index >= 15 is 0 Å². The van der Waals surface area contributed by atoms with Gasteiger partial charge in [-0.05, 0) is 75.8 Å². The van der Waals surface area contributed by atoms with Gasteiger partial charge in [-0.1, -0.05) is 182 Å². The maximum absolute atomic E-state index is 6.68. The molecule has 0 saturated carbocycles. The number of para-hydroxylation sites is 1. The van der Waals surface area contributed by atoms with Gasteiger partial charge in [-0.15, -0.1) is 0 Å². The molecule has 62 heavy (non-hydrogen) atoms. The third kappa shape index (κ3) is 7.08. The van der Waals surface area contributed by atoms with Gasteiger partial charge in [-0.25, -0.2) is 15.0 Å². The van der Waals surface area contributed by atoms with E-state index in [1.165, 1.54) is 16.7 Å². The van der Waals surface area contributed by atoms with E-state index in [2.05, 4.69) is 175 Å². The van der Waals surface area contributed by atoms with E-state index in [1.807, 2.05) is 60.7 Å². The largest absolute Gasteiger partial charge is 0.456 e. The van der Waals surface area contributed by atoms with Crippen molar-refractivity contribution in [1.82, 2.24) is 15.0 Å². The molecular weight excluding hydrogens is 757 g/mol. The highest BCUT2D eigenvalue weighted by Gasteiger charge is 2.20. The van der Waals surface area contributed by atoms with Crippen LogP contribution in [0.25, 0.3) is 89.5 Å². The van der Waals surface area contributed by atoms with Crippen LogP contribution in [0.2, 0.25) is 0 Å². The van der Waals surface area contributed by atoms with Crippen molar-refractivity contribution >= 4 is 39.0 Å². The Labute approximate surface area is 359 Å². The number of nitrogens with zero attached hydrogens (tertiary/aromatic N) is 4. The molecule has 2 aromatic heterocycles. The predicted molar refractivity (Wildman–Crippen MR) is 254 cm³/mol. The zero-order valence-electron chi connectivity index (χ0n) is 33.6. The molecule has 11 rings (SSSR count). The first-order valence-corrected chi connectivity index (χ1v) is 20.8. The van der Waals surface area contributed by atoms with E-state index < -0.39 is 0 Å². The van der Waals surface area contributed by atoms with E-state index in [0.29, 0.717) is 17.5 Å². The number of furan rings is 1. The molecule has 0 atom stereocenters. The minimum Gasteiger partial charge on any atom is -0.456 e. The average Bonchev–Trinajstić information content (AvgIpc) is 3.74. The van der Waals surface area contributed by atoms with E-state index in [-0.39, 0.29) is 0 Å². The maximum atomic E-state index is 6.68. The Kier molecular flexibility index (Phi) is 9.45. The van der Waals surface area contributed by atoms with Crippen LogP contribution in [-0.4, -0.2) is 15.0 Å². The average molecular weight is 795 g/mol. The van der Waals surface area contributed by atoms with Crippen molar-refractivity contribution in [3.63, 3.8) is 0 Å². The summed E-state index contributed by atoms with van der Waals surface area (Å²) in [5, 5.41) is 1.94. The first-order valence-electron chi connectivity index (χ1n) is 20.8. The zero-order valence-corrected chi connectivity index (χ0v) is 33.6. The molecule has 5 nitrogen and oxygen atoms in total. The molecule has 0 aliphatic heterocycles. The van der Waals surface area contributed by atoms with E-state index in [1.54, 1.807) is 0 Å². The highest BCUT2D eigenvalue weighted by atomic mass is 16.3. The summed E-state index contributed by atoms with van der Waals surface area (Å²) in [5.41, 5.74) is 14.4. The predicted octanol–water partition coefficient (Wildman–Crippen LogP) is 15.2. The lowest BCUT2D eigenvalue weighted by molar-refractivity contribution is 0.669. The number of rotatable bonds is 9. The molecule has 0 radical (unpaired) electrons. The molecule has 2 heterocycles. The smallest absolute Gasteiger partial charge is 0.164 e. The Morgan fingerprint density at radius 2 is 0.694 bits per heavy atom. The van der Waals surface area contributed by atoms with Crippen LogP contribution in [0.4, 0.5) is 17.1 Å². The molecule has 0 unspecified atom stereocenters. The molecule has 9 aromatic carbocycles. The van der Waals surface area contributed by atoms with Crippen molar-refractivity contribution in [2.24, 2.45) is 0 Å². The first-order chi connectivity index (χ1) is 30.7. The monoisotopic (exact) mass is 794 g/mol. The van der Waals surface area contributed by atoms with Gasteiger partial charge in [-0.3, -0.25) is 0 Å². The van der Waals surface area contributed by atoms with E-state index in [9.17, 15) is 0 Å². The molecule has 0 N–H and O–H groups in total. The van der Waals surface area contributed by atoms with E-state index in [0.717, 1.165) is 72.4 Å². The molecule has 0 spiro atoms. The fourth-order valence-electron chi connectivity index (χ4n) is 8.24. The first kappa shape index (κ1) is 36.7. The summed E-state index contributed by atoms with van der Waals surface area (Å²) in [7, 11) is 0. The van der Waals surface area contributed by atoms with Gasteiger partial charge in [0, 0.05) is 50.6 Å². The molecule has 0 aliphatic rings. The lowest BCUT2D eigenvalue weighted by Crippen LogP contribution is -2.09. The van der Waals surface area contributed by atoms with Gasteiger partial charge in [0.05, 0.1) is 0 Å². The van der Waals surface area contributed by atoms with Crippen LogP contribution in [0.15, 0.2) is 235 Å². The number of fused-ring (bicyclic) bond motifs is 3. The molecule has 0 amide bonds. The highest BCUT2D eigenvalue weighted by Crippen LogP contribution is 2.41. The zero-order chi connectivity index (χ0) is 41.2. The summed E-state index contributed by atoms with van der Waals surface area (Å²) in [4.78, 5) is 17.5. The molecule has 0 bridgehead atoms. The SMILES string of the molecule is c1ccc(-c2ccc(-c3ccc(N(c4ccccc4)c4ccc5c(c4)oc4cccc(-c6nc(-c7ccccc7)nc(-c7ccc(-c8ccccc8)cc7)n6)c45)cc3)cc2)cc1. The maximum Gasteiger partial charge on any atom is 0.164 e. The Balaban J connectivity index is 0.975. The number of hydrogen-bond donors (Lipinski definition) is 0. The van der Waals surface area contributed by atoms with Gasteiger partial charge in [0.15, 0.2) is 17.5 Å². The number of aromatic nitrogens is 3. The highest BCUT2D eigenvalue weighted by molar-refractivity contribution is 6.12. The van der Waals surface area contributed by atoms with Crippen LogP contribution in [-0.2, 0) is 0 Å². The summed E-state index contributed by atoms with van der Waals surface area (Å²) in [6, 6.07) is 79.9. The van der Waals surface area contributed by atoms with E-state index in [4.69, 9.17) is 19.4 Å². The number of anilines is 3. The lowest BCUT2D eigenvalue weighted by atomic mass is 10.00. The minimum absolute atomic E-state index is 0.582. The van der Waals surface area contributed by atoms with Crippen LogP contribution in [0, 0.1) is 0 Å². The van der Waals surface area contributed by atoms with Crippen LogP contribution >= 0.6 is 0 Å². The standard InChI is InChI=1S/C57H38N4O/c1-5-14-39(15-6-1)41-24-26-43(27-25-41)44-32-34-48(35-33-44)61(47-20-11-4-12-21-47)49-36-37-50-53(38-49)62-52-23-13-22-51(54(50)52)57-59-55(45-18-9-3-10-19-45)58-56(60-57)46-30-28-42(29-31-46)40-16-7-2-8-17-40/h1-38H. The summed E-state index contributed by atoms with van der Waals surface area (Å²) in [5.74, 6) is 1.80. The Bertz CT molecular complexity index is 3300. The van der Waals surface area contributed by atoms with Crippen LogP contribution in [0.1, 0.15) is 0 Å². The van der Waals surface area contributed by atoms with Crippen molar-refractivity contribution < 1.29 is 4.42 Å². The normalized spacial score (nSPS) is 11.2. The summed E-state index contributed by atoms with van der Waals surface area (Å²) >= 11 is 0. The van der Waals surface area contributed by atoms with Gasteiger partial charge in [0.2, 0.25) is 0 Å². The summed E-state index contributed by atoms with van der Waals surface area (Å²) in [6.45, 7) is 0. The van der Waals surface area contributed by atoms with Gasteiger partial charge >= 0.3 is 0 Å².